The molecule has 1 amide bonds. The number of piperidine rings is 1. The number of alkyl halides is 3. The van der Waals surface area contributed by atoms with Gasteiger partial charge in [-0.2, -0.15) is 13.2 Å². The van der Waals surface area contributed by atoms with Crippen LogP contribution in [0.2, 0.25) is 0 Å². The standard InChI is InChI=1S/C19H24F3N3O5S/c1-12(18(27)30-15-6-8-25(9-7-15)31(3,28)29)10-17(26)24-13(2)16-5-4-14(11-23-16)19(20,21)22/h4-5,11,13,15H,1,6-10H2,2-3H3,(H,24,26)/t13-/m0/s1. The lowest BCUT2D eigenvalue weighted by Gasteiger charge is -2.30. The second kappa shape index (κ2) is 9.77. The number of hydrogen-bond donors (Lipinski definition) is 1. The summed E-state index contributed by atoms with van der Waals surface area (Å²) in [5.74, 6) is -1.32. The van der Waals surface area contributed by atoms with E-state index in [4.69, 9.17) is 4.74 Å². The molecule has 2 rings (SSSR count). The molecule has 1 atom stereocenters. The summed E-state index contributed by atoms with van der Waals surface area (Å²) in [6.07, 6.45) is -2.85. The quantitative estimate of drug-likeness (QED) is 0.491. The molecular formula is C19H24F3N3O5S. The second-order valence-electron chi connectivity index (χ2n) is 7.31. The van der Waals surface area contributed by atoms with Crippen molar-refractivity contribution in [3.8, 4) is 0 Å². The van der Waals surface area contributed by atoms with Gasteiger partial charge in [0.25, 0.3) is 0 Å². The highest BCUT2D eigenvalue weighted by Gasteiger charge is 2.31. The number of hydrogen-bond acceptors (Lipinski definition) is 6. The van der Waals surface area contributed by atoms with Crippen LogP contribution >= 0.6 is 0 Å². The summed E-state index contributed by atoms with van der Waals surface area (Å²) in [5, 5.41) is 2.54. The number of amides is 1. The highest BCUT2D eigenvalue weighted by atomic mass is 32.2. The predicted molar refractivity (Wildman–Crippen MR) is 105 cm³/mol. The normalized spacial score (nSPS) is 17.1. The molecule has 0 saturated carbocycles. The van der Waals surface area contributed by atoms with E-state index >= 15 is 0 Å². The number of ether oxygens (including phenoxy) is 1. The first-order valence-electron chi connectivity index (χ1n) is 9.43. The molecule has 0 spiro atoms. The van der Waals surface area contributed by atoms with Crippen LogP contribution in [0.25, 0.3) is 0 Å². The van der Waals surface area contributed by atoms with E-state index in [1.807, 2.05) is 0 Å². The fourth-order valence-corrected chi connectivity index (χ4v) is 3.85. The Morgan fingerprint density at radius 2 is 1.94 bits per heavy atom. The summed E-state index contributed by atoms with van der Waals surface area (Å²) in [6.45, 7) is 5.57. The molecule has 1 aromatic heterocycles. The van der Waals surface area contributed by atoms with Gasteiger partial charge in [-0.15, -0.1) is 0 Å². The molecule has 1 N–H and O–H groups in total. The van der Waals surface area contributed by atoms with E-state index < -0.39 is 45.8 Å². The van der Waals surface area contributed by atoms with Crippen molar-refractivity contribution in [1.29, 1.82) is 0 Å². The number of rotatable bonds is 7. The number of halogens is 3. The van der Waals surface area contributed by atoms with Crippen LogP contribution in [0.15, 0.2) is 30.5 Å². The lowest BCUT2D eigenvalue weighted by atomic mass is 10.1. The van der Waals surface area contributed by atoms with Crippen molar-refractivity contribution in [3.63, 3.8) is 0 Å². The summed E-state index contributed by atoms with van der Waals surface area (Å²) >= 11 is 0. The van der Waals surface area contributed by atoms with E-state index in [2.05, 4.69) is 16.9 Å². The Bertz CT molecular complexity index is 924. The number of nitrogens with one attached hydrogen (secondary N) is 1. The van der Waals surface area contributed by atoms with Gasteiger partial charge in [0, 0.05) is 24.9 Å². The molecule has 1 aromatic rings. The first-order chi connectivity index (χ1) is 14.3. The zero-order valence-electron chi connectivity index (χ0n) is 17.1. The zero-order valence-corrected chi connectivity index (χ0v) is 17.9. The van der Waals surface area contributed by atoms with Crippen LogP contribution in [0, 0.1) is 0 Å². The molecule has 2 heterocycles. The molecule has 0 unspecified atom stereocenters. The van der Waals surface area contributed by atoms with Crippen molar-refractivity contribution in [3.05, 3.63) is 41.7 Å². The average molecular weight is 463 g/mol. The highest BCUT2D eigenvalue weighted by molar-refractivity contribution is 7.88. The van der Waals surface area contributed by atoms with Crippen molar-refractivity contribution in [2.24, 2.45) is 0 Å². The van der Waals surface area contributed by atoms with E-state index in [1.165, 1.54) is 10.4 Å². The zero-order chi connectivity index (χ0) is 23.4. The van der Waals surface area contributed by atoms with E-state index in [0.29, 0.717) is 19.0 Å². The summed E-state index contributed by atoms with van der Waals surface area (Å²) in [7, 11) is -3.29. The van der Waals surface area contributed by atoms with Crippen molar-refractivity contribution < 1.29 is 35.9 Å². The van der Waals surface area contributed by atoms with Crippen molar-refractivity contribution >= 4 is 21.9 Å². The van der Waals surface area contributed by atoms with Gasteiger partial charge >= 0.3 is 12.1 Å². The molecule has 0 aromatic carbocycles. The molecule has 0 aliphatic carbocycles. The largest absolute Gasteiger partial charge is 0.459 e. The predicted octanol–water partition coefficient (Wildman–Crippen LogP) is 2.19. The van der Waals surface area contributed by atoms with Gasteiger partial charge in [0.2, 0.25) is 15.9 Å². The minimum atomic E-state index is -4.50. The third-order valence-corrected chi connectivity index (χ3v) is 6.04. The first kappa shape index (κ1) is 24.8. The maximum atomic E-state index is 12.6. The van der Waals surface area contributed by atoms with E-state index in [9.17, 15) is 31.2 Å². The minimum Gasteiger partial charge on any atom is -0.459 e. The SMILES string of the molecule is C=C(CC(=O)N[C@@H](C)c1ccc(C(F)(F)F)cn1)C(=O)OC1CCN(S(C)(=O)=O)CC1. The number of carbonyl (C=O) groups is 2. The molecule has 8 nitrogen and oxygen atoms in total. The van der Waals surface area contributed by atoms with Gasteiger partial charge in [0.1, 0.15) is 6.10 Å². The lowest BCUT2D eigenvalue weighted by Crippen LogP contribution is -2.41. The van der Waals surface area contributed by atoms with E-state index in [1.54, 1.807) is 6.92 Å². The van der Waals surface area contributed by atoms with Crippen LogP contribution in [0.4, 0.5) is 13.2 Å². The Kier molecular flexibility index (Phi) is 7.82. The van der Waals surface area contributed by atoms with Crippen LogP contribution in [-0.2, 0) is 30.5 Å². The summed E-state index contributed by atoms with van der Waals surface area (Å²) in [5.41, 5.74) is -0.754. The highest BCUT2D eigenvalue weighted by Crippen LogP contribution is 2.29. The monoisotopic (exact) mass is 463 g/mol. The number of carbonyl (C=O) groups excluding carboxylic acids is 2. The topological polar surface area (TPSA) is 106 Å². The van der Waals surface area contributed by atoms with Crippen molar-refractivity contribution in [2.75, 3.05) is 19.3 Å². The van der Waals surface area contributed by atoms with E-state index in [-0.39, 0.29) is 30.8 Å². The molecular weight excluding hydrogens is 439 g/mol. The van der Waals surface area contributed by atoms with Crippen molar-refractivity contribution in [1.82, 2.24) is 14.6 Å². The van der Waals surface area contributed by atoms with Crippen LogP contribution in [0.3, 0.4) is 0 Å². The Labute approximate surface area is 178 Å². The van der Waals surface area contributed by atoms with Crippen LogP contribution < -0.4 is 5.32 Å². The lowest BCUT2D eigenvalue weighted by molar-refractivity contribution is -0.146. The fraction of sp³-hybridized carbons (Fsp3) is 0.526. The van der Waals surface area contributed by atoms with Gasteiger partial charge in [-0.1, -0.05) is 6.58 Å². The number of pyridine rings is 1. The van der Waals surface area contributed by atoms with Crippen LogP contribution in [-0.4, -0.2) is 55.0 Å². The number of esters is 1. The third kappa shape index (κ3) is 7.31. The van der Waals surface area contributed by atoms with Crippen LogP contribution in [0.1, 0.15) is 43.5 Å². The average Bonchev–Trinajstić information content (AvgIpc) is 2.67. The Morgan fingerprint density at radius 1 is 1.32 bits per heavy atom. The van der Waals surface area contributed by atoms with Gasteiger partial charge in [-0.25, -0.2) is 17.5 Å². The number of aromatic nitrogens is 1. The Morgan fingerprint density at radius 3 is 2.42 bits per heavy atom. The molecule has 1 aliphatic heterocycles. The van der Waals surface area contributed by atoms with Gasteiger partial charge in [-0.3, -0.25) is 9.78 Å². The molecule has 1 aliphatic rings. The second-order valence-corrected chi connectivity index (χ2v) is 9.29. The van der Waals surface area contributed by atoms with Crippen LogP contribution in [0.5, 0.6) is 0 Å². The maximum absolute atomic E-state index is 12.6. The molecule has 1 fully saturated rings. The van der Waals surface area contributed by atoms with E-state index in [0.717, 1.165) is 12.3 Å². The summed E-state index contributed by atoms with van der Waals surface area (Å²) in [4.78, 5) is 28.0. The number of nitrogens with zero attached hydrogens (tertiary/aromatic N) is 2. The van der Waals surface area contributed by atoms with Gasteiger partial charge in [0.15, 0.2) is 0 Å². The Balaban J connectivity index is 1.81. The molecule has 1 saturated heterocycles. The van der Waals surface area contributed by atoms with Crippen molar-refractivity contribution in [2.45, 2.75) is 44.5 Å². The molecule has 172 valence electrons. The Hall–Kier alpha value is -2.47. The maximum Gasteiger partial charge on any atom is 0.417 e. The van der Waals surface area contributed by atoms with Gasteiger partial charge < -0.3 is 10.1 Å². The molecule has 12 heteroatoms. The van der Waals surface area contributed by atoms with Gasteiger partial charge in [-0.05, 0) is 31.9 Å². The summed E-state index contributed by atoms with van der Waals surface area (Å²) < 4.78 is 67.4. The smallest absolute Gasteiger partial charge is 0.417 e. The fourth-order valence-electron chi connectivity index (χ4n) is 2.98. The summed E-state index contributed by atoms with van der Waals surface area (Å²) in [6, 6.07) is 1.36. The third-order valence-electron chi connectivity index (χ3n) is 4.74. The molecule has 0 radical (unpaired) electrons. The molecule has 31 heavy (non-hydrogen) atoms. The van der Waals surface area contributed by atoms with Gasteiger partial charge in [0.05, 0.1) is 30.0 Å². The first-order valence-corrected chi connectivity index (χ1v) is 11.3. The molecule has 0 bridgehead atoms. The minimum absolute atomic E-state index is 0.0874. The number of sulfonamides is 1.